The number of hydrogen-bond acceptors (Lipinski definition) is 8. The molecule has 0 saturated heterocycles. The molecule has 3 aromatic rings. The van der Waals surface area contributed by atoms with Crippen molar-refractivity contribution in [2.75, 3.05) is 37.4 Å². The topological polar surface area (TPSA) is 122 Å². The molecule has 0 unspecified atom stereocenters. The van der Waals surface area contributed by atoms with E-state index in [9.17, 15) is 13.2 Å². The second kappa shape index (κ2) is 7.60. The van der Waals surface area contributed by atoms with Gasteiger partial charge in [0.15, 0.2) is 5.58 Å². The van der Waals surface area contributed by atoms with Gasteiger partial charge in [0.25, 0.3) is 0 Å². The summed E-state index contributed by atoms with van der Waals surface area (Å²) in [6.07, 6.45) is 0. The van der Waals surface area contributed by atoms with E-state index in [1.165, 1.54) is 29.8 Å². The summed E-state index contributed by atoms with van der Waals surface area (Å²) in [6, 6.07) is 6.12. The zero-order valence-electron chi connectivity index (χ0n) is 16.1. The third-order valence-electron chi connectivity index (χ3n) is 4.07. The Kier molecular flexibility index (Phi) is 5.38. The number of hydrogen-bond donors (Lipinski definition) is 2. The predicted molar refractivity (Wildman–Crippen MR) is 106 cm³/mol. The molecular formula is C17H22N6O4S. The monoisotopic (exact) mass is 406 g/mol. The van der Waals surface area contributed by atoms with Crippen LogP contribution in [0.3, 0.4) is 0 Å². The number of rotatable bonds is 7. The first kappa shape index (κ1) is 19.8. The molecule has 28 heavy (non-hydrogen) atoms. The predicted octanol–water partition coefficient (Wildman–Crippen LogP) is 0.686. The van der Waals surface area contributed by atoms with Gasteiger partial charge in [-0.1, -0.05) is 0 Å². The lowest BCUT2D eigenvalue weighted by Gasteiger charge is -2.14. The second-order valence-corrected chi connectivity index (χ2v) is 8.23. The van der Waals surface area contributed by atoms with Crippen LogP contribution in [0.25, 0.3) is 11.1 Å². The number of anilines is 2. The van der Waals surface area contributed by atoms with E-state index in [0.717, 1.165) is 11.5 Å². The van der Waals surface area contributed by atoms with E-state index in [1.807, 2.05) is 32.0 Å². The summed E-state index contributed by atoms with van der Waals surface area (Å²) < 4.78 is 33.8. The molecule has 0 aliphatic carbocycles. The van der Waals surface area contributed by atoms with Gasteiger partial charge >= 0.3 is 5.76 Å². The average molecular weight is 406 g/mol. The van der Waals surface area contributed by atoms with Crippen LogP contribution in [0.1, 0.15) is 5.69 Å². The van der Waals surface area contributed by atoms with Gasteiger partial charge in [0.05, 0.1) is 10.4 Å². The van der Waals surface area contributed by atoms with Crippen LogP contribution in [0.4, 0.5) is 11.8 Å². The fourth-order valence-electron chi connectivity index (χ4n) is 2.58. The van der Waals surface area contributed by atoms with Gasteiger partial charge in [-0.2, -0.15) is 4.98 Å². The first-order valence-electron chi connectivity index (χ1n) is 8.53. The van der Waals surface area contributed by atoms with Crippen LogP contribution >= 0.6 is 0 Å². The van der Waals surface area contributed by atoms with E-state index in [4.69, 9.17) is 4.42 Å². The van der Waals surface area contributed by atoms with Crippen LogP contribution in [0.2, 0.25) is 0 Å². The molecule has 2 heterocycles. The van der Waals surface area contributed by atoms with Gasteiger partial charge in [-0.05, 0) is 25.1 Å². The van der Waals surface area contributed by atoms with E-state index in [1.54, 1.807) is 0 Å². The Morgan fingerprint density at radius 2 is 1.93 bits per heavy atom. The van der Waals surface area contributed by atoms with Crippen molar-refractivity contribution in [1.29, 1.82) is 0 Å². The molecule has 0 spiro atoms. The summed E-state index contributed by atoms with van der Waals surface area (Å²) in [5.74, 6) is 0.643. The van der Waals surface area contributed by atoms with Gasteiger partial charge in [-0.25, -0.2) is 22.9 Å². The largest absolute Gasteiger partial charge is 0.419 e. The number of oxazole rings is 1. The Labute approximate surface area is 162 Å². The van der Waals surface area contributed by atoms with Gasteiger partial charge in [-0.15, -0.1) is 0 Å². The molecule has 3 rings (SSSR count). The highest BCUT2D eigenvalue weighted by Crippen LogP contribution is 2.17. The van der Waals surface area contributed by atoms with Crippen molar-refractivity contribution in [3.05, 3.63) is 40.5 Å². The van der Waals surface area contributed by atoms with Gasteiger partial charge in [0.2, 0.25) is 16.0 Å². The SMILES string of the molecule is Cc1cc(N(C)C)nc(NCCNS(=O)(=O)c2ccc3oc(=O)n(C)c3c2)n1. The molecule has 0 amide bonds. The summed E-state index contributed by atoms with van der Waals surface area (Å²) in [7, 11) is 1.54. The normalized spacial score (nSPS) is 11.7. The highest BCUT2D eigenvalue weighted by Gasteiger charge is 2.16. The van der Waals surface area contributed by atoms with E-state index < -0.39 is 15.8 Å². The lowest BCUT2D eigenvalue weighted by Crippen LogP contribution is -2.29. The summed E-state index contributed by atoms with van der Waals surface area (Å²) >= 11 is 0. The molecule has 0 aliphatic rings. The molecule has 0 radical (unpaired) electrons. The maximum atomic E-state index is 12.5. The third kappa shape index (κ3) is 4.15. The molecule has 0 aliphatic heterocycles. The molecule has 150 valence electrons. The van der Waals surface area contributed by atoms with E-state index in [0.29, 0.717) is 23.6 Å². The number of nitrogens with one attached hydrogen (secondary N) is 2. The number of benzene rings is 1. The van der Waals surface area contributed by atoms with Gasteiger partial charge < -0.3 is 14.6 Å². The maximum Gasteiger partial charge on any atom is 0.419 e. The number of aryl methyl sites for hydroxylation is 2. The van der Waals surface area contributed by atoms with Gasteiger partial charge in [0.1, 0.15) is 5.82 Å². The molecule has 0 bridgehead atoms. The number of nitrogens with zero attached hydrogens (tertiary/aromatic N) is 4. The van der Waals surface area contributed by atoms with Crippen molar-refractivity contribution in [3.8, 4) is 0 Å². The molecule has 11 heteroatoms. The standard InChI is InChI=1S/C17H22N6O4S/c1-11-9-15(22(2)3)21-16(20-11)18-7-8-19-28(25,26)12-5-6-14-13(10-12)23(4)17(24)27-14/h5-6,9-10,19H,7-8H2,1-4H3,(H,18,20,21). The second-order valence-electron chi connectivity index (χ2n) is 6.47. The molecule has 2 N–H and O–H groups in total. The maximum absolute atomic E-state index is 12.5. The van der Waals surface area contributed by atoms with Crippen molar-refractivity contribution < 1.29 is 12.8 Å². The zero-order chi connectivity index (χ0) is 20.5. The molecule has 10 nitrogen and oxygen atoms in total. The summed E-state index contributed by atoms with van der Waals surface area (Å²) in [4.78, 5) is 22.1. The van der Waals surface area contributed by atoms with Crippen LogP contribution < -0.4 is 20.7 Å². The Morgan fingerprint density at radius 1 is 1.18 bits per heavy atom. The van der Waals surface area contributed by atoms with Crippen LogP contribution in [0, 0.1) is 6.92 Å². The molecular weight excluding hydrogens is 384 g/mol. The van der Waals surface area contributed by atoms with Crippen LogP contribution in [-0.2, 0) is 17.1 Å². The number of fused-ring (bicyclic) bond motifs is 1. The first-order chi connectivity index (χ1) is 13.2. The van der Waals surface area contributed by atoms with Crippen molar-refractivity contribution in [2.24, 2.45) is 7.05 Å². The molecule has 2 aromatic heterocycles. The van der Waals surface area contributed by atoms with E-state index >= 15 is 0 Å². The fourth-order valence-corrected chi connectivity index (χ4v) is 3.63. The third-order valence-corrected chi connectivity index (χ3v) is 5.53. The average Bonchev–Trinajstić information content (AvgIpc) is 2.92. The number of sulfonamides is 1. The first-order valence-corrected chi connectivity index (χ1v) is 10.0. The quantitative estimate of drug-likeness (QED) is 0.550. The molecule has 0 atom stereocenters. The Hall–Kier alpha value is -2.92. The lowest BCUT2D eigenvalue weighted by atomic mass is 10.3. The zero-order valence-corrected chi connectivity index (χ0v) is 16.9. The Balaban J connectivity index is 1.66. The minimum atomic E-state index is -3.74. The van der Waals surface area contributed by atoms with Gasteiger partial charge in [-0.3, -0.25) is 4.57 Å². The lowest BCUT2D eigenvalue weighted by molar-refractivity contribution is 0.528. The summed E-state index contributed by atoms with van der Waals surface area (Å²) in [5.41, 5.74) is 1.55. The summed E-state index contributed by atoms with van der Waals surface area (Å²) in [5, 5.41) is 3.01. The van der Waals surface area contributed by atoms with Crippen molar-refractivity contribution in [3.63, 3.8) is 0 Å². The molecule has 1 aromatic carbocycles. The smallest absolute Gasteiger partial charge is 0.408 e. The highest BCUT2D eigenvalue weighted by molar-refractivity contribution is 7.89. The van der Waals surface area contributed by atoms with Crippen LogP contribution in [-0.4, -0.2) is 50.1 Å². The fraction of sp³-hybridized carbons (Fsp3) is 0.353. The van der Waals surface area contributed by atoms with Crippen LogP contribution in [0.5, 0.6) is 0 Å². The Bertz CT molecular complexity index is 1170. The Morgan fingerprint density at radius 3 is 2.64 bits per heavy atom. The van der Waals surface area contributed by atoms with E-state index in [2.05, 4.69) is 20.0 Å². The number of aromatic nitrogens is 3. The van der Waals surface area contributed by atoms with Crippen molar-refractivity contribution in [2.45, 2.75) is 11.8 Å². The highest BCUT2D eigenvalue weighted by atomic mass is 32.2. The van der Waals surface area contributed by atoms with Gasteiger partial charge in [0, 0.05) is 46.0 Å². The molecule has 0 fully saturated rings. The molecule has 0 saturated carbocycles. The van der Waals surface area contributed by atoms with Crippen molar-refractivity contribution >= 4 is 32.9 Å². The van der Waals surface area contributed by atoms with Crippen LogP contribution in [0.15, 0.2) is 38.4 Å². The minimum absolute atomic E-state index is 0.0538. The van der Waals surface area contributed by atoms with E-state index in [-0.39, 0.29) is 11.4 Å². The summed E-state index contributed by atoms with van der Waals surface area (Å²) in [6.45, 7) is 2.31. The van der Waals surface area contributed by atoms with Crippen molar-refractivity contribution in [1.82, 2.24) is 19.3 Å². The minimum Gasteiger partial charge on any atom is -0.408 e.